The Bertz CT molecular complexity index is 711. The molecular formula is C14H14N4O3. The van der Waals surface area contributed by atoms with Crippen LogP contribution < -0.4 is 11.1 Å². The Hall–Kier alpha value is -2.96. The van der Waals surface area contributed by atoms with Gasteiger partial charge in [0.1, 0.15) is 5.69 Å². The van der Waals surface area contributed by atoms with E-state index < -0.39 is 10.8 Å². The molecule has 2 rings (SSSR count). The van der Waals surface area contributed by atoms with Crippen molar-refractivity contribution >= 4 is 23.0 Å². The number of benzene rings is 1. The fourth-order valence-corrected chi connectivity index (χ4v) is 1.90. The van der Waals surface area contributed by atoms with Crippen molar-refractivity contribution in [2.24, 2.45) is 0 Å². The molecule has 0 bridgehead atoms. The van der Waals surface area contributed by atoms with E-state index in [9.17, 15) is 14.9 Å². The van der Waals surface area contributed by atoms with Gasteiger partial charge >= 0.3 is 0 Å². The van der Waals surface area contributed by atoms with E-state index in [0.717, 1.165) is 5.56 Å². The van der Waals surface area contributed by atoms with E-state index in [1.54, 1.807) is 26.0 Å². The Morgan fingerprint density at radius 3 is 2.57 bits per heavy atom. The standard InChI is InChI=1S/C14H14N4O3/c1-8-5-9(2)13(18(20)21)6-12(8)17-14(19)11-4-3-10(15)7-16-11/h3-7H,15H2,1-2H3,(H,17,19). The van der Waals surface area contributed by atoms with Gasteiger partial charge < -0.3 is 11.1 Å². The summed E-state index contributed by atoms with van der Waals surface area (Å²) in [5.74, 6) is -0.448. The summed E-state index contributed by atoms with van der Waals surface area (Å²) in [5.41, 5.74) is 7.77. The number of pyridine rings is 1. The third kappa shape index (κ3) is 3.14. The molecule has 0 saturated heterocycles. The summed E-state index contributed by atoms with van der Waals surface area (Å²) in [6.45, 7) is 3.42. The molecular weight excluding hydrogens is 272 g/mol. The normalized spacial score (nSPS) is 10.2. The number of hydrogen-bond acceptors (Lipinski definition) is 5. The summed E-state index contributed by atoms with van der Waals surface area (Å²) in [4.78, 5) is 26.4. The molecule has 3 N–H and O–H groups in total. The van der Waals surface area contributed by atoms with E-state index >= 15 is 0 Å². The number of hydrogen-bond donors (Lipinski definition) is 2. The third-order valence-corrected chi connectivity index (χ3v) is 3.01. The first-order valence-electron chi connectivity index (χ1n) is 6.17. The number of aromatic nitrogens is 1. The minimum Gasteiger partial charge on any atom is -0.397 e. The van der Waals surface area contributed by atoms with Crippen LogP contribution in [0.5, 0.6) is 0 Å². The molecule has 0 atom stereocenters. The second kappa shape index (κ2) is 5.58. The van der Waals surface area contributed by atoms with Crippen molar-refractivity contribution in [1.82, 2.24) is 4.98 Å². The zero-order chi connectivity index (χ0) is 15.6. The molecule has 0 saturated carbocycles. The number of rotatable bonds is 3. The summed E-state index contributed by atoms with van der Waals surface area (Å²) in [6.07, 6.45) is 1.37. The Kier molecular flexibility index (Phi) is 3.84. The molecule has 0 aliphatic carbocycles. The van der Waals surface area contributed by atoms with E-state index in [1.165, 1.54) is 18.3 Å². The van der Waals surface area contributed by atoms with Gasteiger partial charge in [-0.15, -0.1) is 0 Å². The highest BCUT2D eigenvalue weighted by atomic mass is 16.6. The molecule has 7 heteroatoms. The minimum absolute atomic E-state index is 0.0406. The second-order valence-corrected chi connectivity index (χ2v) is 4.64. The number of amides is 1. The van der Waals surface area contributed by atoms with Gasteiger partial charge in [0.15, 0.2) is 0 Å². The van der Waals surface area contributed by atoms with E-state index in [-0.39, 0.29) is 11.4 Å². The molecule has 1 aromatic carbocycles. The Morgan fingerprint density at radius 2 is 2.00 bits per heavy atom. The Balaban J connectivity index is 2.30. The number of nitro groups is 1. The van der Waals surface area contributed by atoms with E-state index in [1.807, 2.05) is 0 Å². The molecule has 108 valence electrons. The minimum atomic E-state index is -0.480. The largest absolute Gasteiger partial charge is 0.397 e. The van der Waals surface area contributed by atoms with Crippen molar-refractivity contribution in [3.8, 4) is 0 Å². The van der Waals surface area contributed by atoms with Gasteiger partial charge in [0.05, 0.1) is 22.5 Å². The first-order chi connectivity index (χ1) is 9.88. The van der Waals surface area contributed by atoms with Crippen LogP contribution in [0, 0.1) is 24.0 Å². The molecule has 0 fully saturated rings. The fraction of sp³-hybridized carbons (Fsp3) is 0.143. The highest BCUT2D eigenvalue weighted by molar-refractivity contribution is 6.03. The SMILES string of the molecule is Cc1cc(C)c([N+](=O)[O-])cc1NC(=O)c1ccc(N)cn1. The number of nitrogens with two attached hydrogens (primary N) is 1. The van der Waals surface area contributed by atoms with Crippen molar-refractivity contribution in [2.75, 3.05) is 11.1 Å². The maximum atomic E-state index is 12.1. The lowest BCUT2D eigenvalue weighted by Gasteiger charge is -2.09. The number of aryl methyl sites for hydroxylation is 2. The number of carbonyl (C=O) groups excluding carboxylic acids is 1. The number of nitrogen functional groups attached to an aromatic ring is 1. The number of nitrogens with zero attached hydrogens (tertiary/aromatic N) is 2. The molecule has 0 spiro atoms. The van der Waals surface area contributed by atoms with Crippen LogP contribution in [0.1, 0.15) is 21.6 Å². The lowest BCUT2D eigenvalue weighted by Crippen LogP contribution is -2.14. The molecule has 1 amide bonds. The smallest absolute Gasteiger partial charge is 0.274 e. The highest BCUT2D eigenvalue weighted by Gasteiger charge is 2.16. The van der Waals surface area contributed by atoms with E-state index in [0.29, 0.717) is 16.9 Å². The zero-order valence-electron chi connectivity index (χ0n) is 11.6. The topological polar surface area (TPSA) is 111 Å². The maximum Gasteiger partial charge on any atom is 0.274 e. The lowest BCUT2D eigenvalue weighted by molar-refractivity contribution is -0.385. The molecule has 0 radical (unpaired) electrons. The molecule has 0 aliphatic rings. The van der Waals surface area contributed by atoms with Gasteiger partial charge in [-0.3, -0.25) is 14.9 Å². The number of anilines is 2. The highest BCUT2D eigenvalue weighted by Crippen LogP contribution is 2.26. The van der Waals surface area contributed by atoms with Gasteiger partial charge in [-0.1, -0.05) is 0 Å². The predicted octanol–water partition coefficient (Wildman–Crippen LogP) is 2.44. The molecule has 0 aliphatic heterocycles. The number of nitrogens with one attached hydrogen (secondary N) is 1. The first-order valence-corrected chi connectivity index (χ1v) is 6.17. The van der Waals surface area contributed by atoms with Crippen molar-refractivity contribution in [2.45, 2.75) is 13.8 Å². The van der Waals surface area contributed by atoms with Gasteiger partial charge in [0.2, 0.25) is 0 Å². The van der Waals surface area contributed by atoms with Crippen LogP contribution in [-0.2, 0) is 0 Å². The van der Waals surface area contributed by atoms with E-state index in [2.05, 4.69) is 10.3 Å². The summed E-state index contributed by atoms with van der Waals surface area (Å²) in [6, 6.07) is 6.05. The van der Waals surface area contributed by atoms with Crippen LogP contribution >= 0.6 is 0 Å². The van der Waals surface area contributed by atoms with Crippen LogP contribution in [0.3, 0.4) is 0 Å². The first kappa shape index (κ1) is 14.4. The van der Waals surface area contributed by atoms with Crippen LogP contribution in [-0.4, -0.2) is 15.8 Å². The average molecular weight is 286 g/mol. The van der Waals surface area contributed by atoms with Gasteiger partial charge in [-0.05, 0) is 37.6 Å². The zero-order valence-corrected chi connectivity index (χ0v) is 11.6. The van der Waals surface area contributed by atoms with Gasteiger partial charge in [0, 0.05) is 11.6 Å². The molecule has 1 heterocycles. The van der Waals surface area contributed by atoms with E-state index in [4.69, 9.17) is 5.73 Å². The second-order valence-electron chi connectivity index (χ2n) is 4.64. The summed E-state index contributed by atoms with van der Waals surface area (Å²) in [7, 11) is 0. The predicted molar refractivity (Wildman–Crippen MR) is 79.2 cm³/mol. The van der Waals surface area contributed by atoms with Crippen molar-refractivity contribution < 1.29 is 9.72 Å². The van der Waals surface area contributed by atoms with Crippen molar-refractivity contribution in [3.63, 3.8) is 0 Å². The van der Waals surface area contributed by atoms with Crippen molar-refractivity contribution in [1.29, 1.82) is 0 Å². The van der Waals surface area contributed by atoms with Gasteiger partial charge in [0.25, 0.3) is 11.6 Å². The molecule has 0 unspecified atom stereocenters. The van der Waals surface area contributed by atoms with Crippen LogP contribution in [0.15, 0.2) is 30.5 Å². The Labute approximate surface area is 121 Å². The molecule has 7 nitrogen and oxygen atoms in total. The van der Waals surface area contributed by atoms with Crippen molar-refractivity contribution in [3.05, 3.63) is 57.4 Å². The quantitative estimate of drug-likeness (QED) is 0.665. The van der Waals surface area contributed by atoms with Crippen LogP contribution in [0.25, 0.3) is 0 Å². The van der Waals surface area contributed by atoms with Crippen LogP contribution in [0.2, 0.25) is 0 Å². The van der Waals surface area contributed by atoms with Gasteiger partial charge in [-0.2, -0.15) is 0 Å². The monoisotopic (exact) mass is 286 g/mol. The summed E-state index contributed by atoms with van der Waals surface area (Å²) >= 11 is 0. The van der Waals surface area contributed by atoms with Gasteiger partial charge in [-0.25, -0.2) is 4.98 Å². The lowest BCUT2D eigenvalue weighted by atomic mass is 10.1. The average Bonchev–Trinajstić information content (AvgIpc) is 2.42. The molecule has 2 aromatic rings. The summed E-state index contributed by atoms with van der Waals surface area (Å²) < 4.78 is 0. The number of carbonyl (C=O) groups is 1. The molecule has 21 heavy (non-hydrogen) atoms. The third-order valence-electron chi connectivity index (χ3n) is 3.01. The number of nitro benzene ring substituents is 1. The Morgan fingerprint density at radius 1 is 1.29 bits per heavy atom. The molecule has 1 aromatic heterocycles. The maximum absolute atomic E-state index is 12.1. The fourth-order valence-electron chi connectivity index (χ4n) is 1.90. The van der Waals surface area contributed by atoms with Crippen LogP contribution in [0.4, 0.5) is 17.1 Å². The summed E-state index contributed by atoms with van der Waals surface area (Å²) in [5, 5.41) is 13.6.